The fraction of sp³-hybridized carbons (Fsp3) is 0.433. The van der Waals surface area contributed by atoms with E-state index in [9.17, 15) is 19.2 Å². The SMILES string of the molecule is [B]C([B])(N)CCC[C@]([B])(NC(=O)[C@]([B])(Cc1ccccc1)NC(=O)[C@@H](CCCN=C(N)N)NC(=O)[C@@H](N)Cc1ccccc1)C(N)=O. The molecule has 2 aromatic rings. The third-order valence-corrected chi connectivity index (χ3v) is 7.25. The van der Waals surface area contributed by atoms with E-state index in [4.69, 9.17) is 60.1 Å². The summed E-state index contributed by atoms with van der Waals surface area (Å²) >= 11 is 0. The number of rotatable bonds is 19. The van der Waals surface area contributed by atoms with Gasteiger partial charge in [-0.15, -0.1) is 0 Å². The van der Waals surface area contributed by atoms with Crippen molar-refractivity contribution in [3.05, 3.63) is 71.8 Å². The molecule has 47 heavy (non-hydrogen) atoms. The number of hydrogen-bond donors (Lipinski definition) is 8. The fourth-order valence-electron chi connectivity index (χ4n) is 4.65. The Morgan fingerprint density at radius 3 is 1.87 bits per heavy atom. The van der Waals surface area contributed by atoms with Gasteiger partial charge in [0.1, 0.15) is 21.7 Å². The Morgan fingerprint density at radius 1 is 0.766 bits per heavy atom. The monoisotopic (exact) mass is 635 g/mol. The molecule has 0 bridgehead atoms. The maximum Gasteiger partial charge on any atom is 0.242 e. The molecule has 0 saturated carbocycles. The third-order valence-electron chi connectivity index (χ3n) is 7.25. The van der Waals surface area contributed by atoms with E-state index in [1.165, 1.54) is 0 Å². The van der Waals surface area contributed by atoms with Crippen LogP contribution in [0.2, 0.25) is 0 Å². The first kappa shape index (κ1) is 39.0. The van der Waals surface area contributed by atoms with Crippen molar-refractivity contribution < 1.29 is 19.2 Å². The zero-order chi connectivity index (χ0) is 35.3. The van der Waals surface area contributed by atoms with Crippen LogP contribution >= 0.6 is 0 Å². The van der Waals surface area contributed by atoms with Gasteiger partial charge in [0, 0.05) is 6.54 Å². The number of nitrogens with two attached hydrogens (primary N) is 5. The molecule has 0 saturated heterocycles. The molecule has 4 amide bonds. The minimum absolute atomic E-state index is 0.0389. The van der Waals surface area contributed by atoms with Crippen LogP contribution in [0.1, 0.15) is 43.2 Å². The van der Waals surface area contributed by atoms with Crippen LogP contribution in [-0.2, 0) is 32.0 Å². The summed E-state index contributed by atoms with van der Waals surface area (Å²) in [5, 5.41) is 6.03. The van der Waals surface area contributed by atoms with E-state index in [1.807, 2.05) is 30.3 Å². The lowest BCUT2D eigenvalue weighted by Gasteiger charge is -2.37. The van der Waals surface area contributed by atoms with Gasteiger partial charge >= 0.3 is 0 Å². The fourth-order valence-corrected chi connectivity index (χ4v) is 4.65. The third kappa shape index (κ3) is 13.6. The molecule has 2 rings (SSSR count). The summed E-state index contributed by atoms with van der Waals surface area (Å²) in [6, 6.07) is 15.4. The Morgan fingerprint density at radius 2 is 1.34 bits per heavy atom. The Kier molecular flexibility index (Phi) is 14.6. The lowest BCUT2D eigenvalue weighted by molar-refractivity contribution is -0.135. The van der Waals surface area contributed by atoms with Crippen molar-refractivity contribution in [2.45, 2.75) is 73.2 Å². The molecule has 8 radical (unpaired) electrons. The van der Waals surface area contributed by atoms with Gasteiger partial charge in [-0.2, -0.15) is 0 Å². The van der Waals surface area contributed by atoms with Crippen molar-refractivity contribution in [3.8, 4) is 0 Å². The Hall–Kier alpha value is -4.23. The number of hydrogen-bond acceptors (Lipinski definition) is 7. The second kappa shape index (κ2) is 17.6. The topological polar surface area (TPSA) is 247 Å². The molecule has 2 aromatic carbocycles. The number of carbonyl (C=O) groups excluding carboxylic acids is 4. The molecular formula is C30H41B4N9O4. The highest BCUT2D eigenvalue weighted by Gasteiger charge is 2.41. The summed E-state index contributed by atoms with van der Waals surface area (Å²) in [4.78, 5) is 57.1. The van der Waals surface area contributed by atoms with E-state index in [-0.39, 0.29) is 57.5 Å². The minimum Gasteiger partial charge on any atom is -0.370 e. The van der Waals surface area contributed by atoms with Gasteiger partial charge < -0.3 is 44.6 Å². The van der Waals surface area contributed by atoms with Crippen LogP contribution in [-0.4, -0.2) is 95.8 Å². The standard InChI is InChI=1S/C30H41B4N9O4/c31-28(25(36)46,14-8-15-30(33,34)39)43-26(47)29(32,18-20-11-5-2-6-12-20)42-24(45)22(13-7-16-40-27(37)38)41-23(44)21(35)17-19-9-3-1-4-10-19/h1-6,9-12,21-22H,7-8,13-18,35,39H2,(H2,36,46)(H,41,44)(H,42,45)(H,43,47)(H4,37,38,40)/t21-,22+,28-,29-/m0/s1. The highest BCUT2D eigenvalue weighted by Crippen LogP contribution is 2.18. The van der Waals surface area contributed by atoms with E-state index in [2.05, 4.69) is 20.9 Å². The molecule has 17 heteroatoms. The average Bonchev–Trinajstić information content (AvgIpc) is 2.98. The van der Waals surface area contributed by atoms with Crippen LogP contribution in [0.25, 0.3) is 0 Å². The molecule has 242 valence electrons. The summed E-state index contributed by atoms with van der Waals surface area (Å²) in [5.41, 5.74) is 25.3. The van der Waals surface area contributed by atoms with Crippen LogP contribution in [0.5, 0.6) is 0 Å². The molecule has 0 spiro atoms. The van der Waals surface area contributed by atoms with Crippen molar-refractivity contribution in [2.75, 3.05) is 6.54 Å². The van der Waals surface area contributed by atoms with Crippen LogP contribution in [0.15, 0.2) is 65.7 Å². The van der Waals surface area contributed by atoms with Crippen molar-refractivity contribution in [2.24, 2.45) is 33.7 Å². The molecule has 13 nitrogen and oxygen atoms in total. The first-order valence-corrected chi connectivity index (χ1v) is 15.0. The lowest BCUT2D eigenvalue weighted by Crippen LogP contribution is -2.69. The van der Waals surface area contributed by atoms with Crippen LogP contribution < -0.4 is 44.6 Å². The zero-order valence-corrected chi connectivity index (χ0v) is 26.4. The van der Waals surface area contributed by atoms with E-state index >= 15 is 0 Å². The van der Waals surface area contributed by atoms with Gasteiger partial charge in [0.25, 0.3) is 0 Å². The van der Waals surface area contributed by atoms with Gasteiger partial charge in [-0.3, -0.25) is 24.2 Å². The number of nitrogens with one attached hydrogen (secondary N) is 3. The van der Waals surface area contributed by atoms with Gasteiger partial charge in [-0.1, -0.05) is 78.8 Å². The van der Waals surface area contributed by atoms with Gasteiger partial charge in [0.15, 0.2) is 5.96 Å². The highest BCUT2D eigenvalue weighted by molar-refractivity contribution is 6.39. The van der Waals surface area contributed by atoms with Gasteiger partial charge in [-0.05, 0) is 43.2 Å². The van der Waals surface area contributed by atoms with Crippen LogP contribution in [0.4, 0.5) is 0 Å². The Labute approximate surface area is 281 Å². The molecule has 4 atom stereocenters. The summed E-state index contributed by atoms with van der Waals surface area (Å²) in [6.45, 7) is 0.153. The number of amides is 4. The normalized spacial score (nSPS) is 15.1. The summed E-state index contributed by atoms with van der Waals surface area (Å²) < 4.78 is 0. The van der Waals surface area contributed by atoms with E-state index < -0.39 is 51.9 Å². The summed E-state index contributed by atoms with van der Waals surface area (Å²) in [7, 11) is 24.1. The summed E-state index contributed by atoms with van der Waals surface area (Å²) in [6.07, 6.45) is 0.245. The average molecular weight is 635 g/mol. The minimum atomic E-state index is -2.19. The van der Waals surface area contributed by atoms with Gasteiger partial charge in [0.05, 0.1) is 32.6 Å². The zero-order valence-electron chi connectivity index (χ0n) is 26.4. The molecule has 0 fully saturated rings. The largest absolute Gasteiger partial charge is 0.370 e. The number of carbonyl (C=O) groups is 4. The molecule has 0 aliphatic carbocycles. The number of primary amides is 1. The number of guanidine groups is 1. The van der Waals surface area contributed by atoms with E-state index in [1.54, 1.807) is 30.3 Å². The number of benzene rings is 2. The molecule has 0 aliphatic heterocycles. The Bertz CT molecular complexity index is 1380. The lowest BCUT2D eigenvalue weighted by atomic mass is 9.59. The van der Waals surface area contributed by atoms with Crippen molar-refractivity contribution in [1.82, 2.24) is 16.0 Å². The van der Waals surface area contributed by atoms with Crippen molar-refractivity contribution >= 4 is 61.0 Å². The molecule has 0 aliphatic rings. The first-order valence-electron chi connectivity index (χ1n) is 15.0. The van der Waals surface area contributed by atoms with E-state index in [0.29, 0.717) is 5.56 Å². The maximum absolute atomic E-state index is 13.8. The molecule has 13 N–H and O–H groups in total. The second-order valence-electron chi connectivity index (χ2n) is 11.7. The van der Waals surface area contributed by atoms with Crippen LogP contribution in [0.3, 0.4) is 0 Å². The molecular weight excluding hydrogens is 594 g/mol. The summed E-state index contributed by atoms with van der Waals surface area (Å²) in [5.74, 6) is -3.67. The number of nitrogens with zero attached hydrogens (tertiary/aromatic N) is 1. The predicted molar refractivity (Wildman–Crippen MR) is 185 cm³/mol. The van der Waals surface area contributed by atoms with Gasteiger partial charge in [0.2, 0.25) is 23.6 Å². The predicted octanol–water partition coefficient (Wildman–Crippen LogP) is -3.10. The Balaban J connectivity index is 2.35. The first-order chi connectivity index (χ1) is 21.9. The van der Waals surface area contributed by atoms with Crippen molar-refractivity contribution in [3.63, 3.8) is 0 Å². The van der Waals surface area contributed by atoms with E-state index in [0.717, 1.165) is 5.56 Å². The quantitative estimate of drug-likeness (QED) is 0.0339. The highest BCUT2D eigenvalue weighted by atomic mass is 16.2. The molecule has 0 heterocycles. The number of aliphatic imine (C=N–C) groups is 1. The molecule has 0 aromatic heterocycles. The smallest absolute Gasteiger partial charge is 0.242 e. The van der Waals surface area contributed by atoms with Gasteiger partial charge in [-0.25, -0.2) is 0 Å². The van der Waals surface area contributed by atoms with Crippen molar-refractivity contribution in [1.29, 1.82) is 0 Å². The van der Waals surface area contributed by atoms with Crippen LogP contribution in [0, 0.1) is 0 Å². The maximum atomic E-state index is 13.8. The molecule has 0 unspecified atom stereocenters. The second-order valence-corrected chi connectivity index (χ2v) is 11.7.